The second-order valence-corrected chi connectivity index (χ2v) is 7.37. The van der Waals surface area contributed by atoms with Gasteiger partial charge in [-0.3, -0.25) is 4.79 Å². The quantitative estimate of drug-likeness (QED) is 0.596. The Bertz CT molecular complexity index is 338. The number of unbranched alkanes of at least 4 members (excludes halogenated alkanes) is 4. The first-order valence-electron chi connectivity index (χ1n) is 9.18. The van der Waals surface area contributed by atoms with Crippen LogP contribution in [0.15, 0.2) is 0 Å². The lowest BCUT2D eigenvalue weighted by molar-refractivity contribution is -0.144. The Labute approximate surface area is 137 Å². The van der Waals surface area contributed by atoms with Crippen LogP contribution < -0.4 is 5.32 Å². The number of likely N-dealkylation sites (tertiary alicyclic amines) is 1. The second kappa shape index (κ2) is 8.88. The number of carbonyl (C=O) groups is 1. The van der Waals surface area contributed by atoms with E-state index >= 15 is 0 Å². The van der Waals surface area contributed by atoms with E-state index in [9.17, 15) is 4.79 Å². The lowest BCUT2D eigenvalue weighted by Gasteiger charge is -2.58. The molecule has 0 aromatic rings. The van der Waals surface area contributed by atoms with Crippen LogP contribution in [-0.4, -0.2) is 50.7 Å². The van der Waals surface area contributed by atoms with Crippen molar-refractivity contribution >= 4 is 5.91 Å². The number of hydrogen-bond donors (Lipinski definition) is 1. The maximum Gasteiger partial charge on any atom is 0.223 e. The van der Waals surface area contributed by atoms with Gasteiger partial charge in [0.1, 0.15) is 0 Å². The molecule has 1 spiro atoms. The molecule has 22 heavy (non-hydrogen) atoms. The van der Waals surface area contributed by atoms with E-state index in [1.165, 1.54) is 45.3 Å². The van der Waals surface area contributed by atoms with Crippen LogP contribution in [0.3, 0.4) is 0 Å². The normalized spacial score (nSPS) is 20.6. The van der Waals surface area contributed by atoms with Crippen molar-refractivity contribution in [2.45, 2.75) is 58.3 Å². The van der Waals surface area contributed by atoms with E-state index in [0.717, 1.165) is 38.8 Å². The average Bonchev–Trinajstić information content (AvgIpc) is 2.42. The van der Waals surface area contributed by atoms with E-state index < -0.39 is 0 Å². The lowest BCUT2D eigenvalue weighted by atomic mass is 9.57. The molecule has 1 saturated carbocycles. The van der Waals surface area contributed by atoms with Gasteiger partial charge < -0.3 is 15.0 Å². The van der Waals surface area contributed by atoms with Gasteiger partial charge in [0, 0.05) is 40.7 Å². The third-order valence-electron chi connectivity index (χ3n) is 5.21. The topological polar surface area (TPSA) is 41.6 Å². The Hall–Kier alpha value is -0.610. The van der Waals surface area contributed by atoms with Crippen molar-refractivity contribution in [3.63, 3.8) is 0 Å². The number of nitrogens with zero attached hydrogens (tertiary/aromatic N) is 1. The first-order valence-corrected chi connectivity index (χ1v) is 9.18. The molecule has 130 valence electrons. The summed E-state index contributed by atoms with van der Waals surface area (Å²) >= 11 is 0. The van der Waals surface area contributed by atoms with Crippen molar-refractivity contribution < 1.29 is 11.0 Å². The molecule has 1 heterocycles. The van der Waals surface area contributed by atoms with Gasteiger partial charge in [-0.15, -0.1) is 0 Å². The Morgan fingerprint density at radius 2 is 1.91 bits per heavy atom. The maximum atomic E-state index is 12.1. The number of carbonyl (C=O) groups excluding carboxylic acids is 1. The van der Waals surface area contributed by atoms with Crippen LogP contribution in [0.1, 0.15) is 59.7 Å². The summed E-state index contributed by atoms with van der Waals surface area (Å²) in [5.74, 6) is 0.601. The van der Waals surface area contributed by atoms with Crippen LogP contribution in [0.5, 0.6) is 0 Å². The zero-order chi connectivity index (χ0) is 15.8. The number of nitrogens with one attached hydrogen (secondary N) is 1. The fourth-order valence-electron chi connectivity index (χ4n) is 4.06. The summed E-state index contributed by atoms with van der Waals surface area (Å²) in [7, 11) is 1.76. The molecule has 1 amide bonds. The zero-order valence-electron chi connectivity index (χ0n) is 14.5. The highest BCUT2D eigenvalue weighted by atomic mass is 16.5. The number of amides is 1. The van der Waals surface area contributed by atoms with Gasteiger partial charge in [0.15, 0.2) is 0 Å². The SMILES string of the molecule is CCCN1CC2(CC(C(=O)NCCCCCCCOC)C2)C1.[HH]. The van der Waals surface area contributed by atoms with Crippen molar-refractivity contribution in [1.29, 1.82) is 0 Å². The molecule has 0 aromatic heterocycles. The van der Waals surface area contributed by atoms with E-state index in [4.69, 9.17) is 4.74 Å². The molecule has 0 aromatic carbocycles. The number of hydrogen-bond acceptors (Lipinski definition) is 3. The molecule has 4 heteroatoms. The van der Waals surface area contributed by atoms with Gasteiger partial charge in [-0.1, -0.05) is 26.2 Å². The van der Waals surface area contributed by atoms with E-state index in [0.29, 0.717) is 17.2 Å². The minimum absolute atomic E-state index is 0. The molecule has 2 fully saturated rings. The predicted molar refractivity (Wildman–Crippen MR) is 92.0 cm³/mol. The Balaban J connectivity index is 0.00000264. The molecule has 1 saturated heterocycles. The van der Waals surface area contributed by atoms with Crippen molar-refractivity contribution in [1.82, 2.24) is 10.2 Å². The summed E-state index contributed by atoms with van der Waals surface area (Å²) in [6.07, 6.45) is 9.45. The number of ether oxygens (including phenoxy) is 1. The van der Waals surface area contributed by atoms with Crippen LogP contribution in [0.4, 0.5) is 0 Å². The maximum absolute atomic E-state index is 12.1. The van der Waals surface area contributed by atoms with E-state index in [1.54, 1.807) is 7.11 Å². The van der Waals surface area contributed by atoms with Crippen LogP contribution in [0.2, 0.25) is 0 Å². The Morgan fingerprint density at radius 3 is 2.59 bits per heavy atom. The molecular weight excluding hydrogens is 276 g/mol. The van der Waals surface area contributed by atoms with Crippen molar-refractivity contribution in [2.24, 2.45) is 11.3 Å². The van der Waals surface area contributed by atoms with Crippen molar-refractivity contribution in [2.75, 3.05) is 39.9 Å². The zero-order valence-corrected chi connectivity index (χ0v) is 14.5. The molecular formula is C18H36N2O2. The van der Waals surface area contributed by atoms with Crippen LogP contribution in [0.25, 0.3) is 0 Å². The van der Waals surface area contributed by atoms with Gasteiger partial charge in [-0.2, -0.15) is 0 Å². The van der Waals surface area contributed by atoms with Crippen molar-refractivity contribution in [3.05, 3.63) is 0 Å². The highest BCUT2D eigenvalue weighted by Crippen LogP contribution is 2.51. The summed E-state index contributed by atoms with van der Waals surface area (Å²) in [4.78, 5) is 14.6. The Kier molecular flexibility index (Phi) is 7.16. The van der Waals surface area contributed by atoms with E-state index in [2.05, 4.69) is 17.1 Å². The van der Waals surface area contributed by atoms with Gasteiger partial charge in [0.05, 0.1) is 0 Å². The average molecular weight is 312 g/mol. The highest BCUT2D eigenvalue weighted by Gasteiger charge is 2.53. The number of methoxy groups -OCH3 is 1. The van der Waals surface area contributed by atoms with E-state index in [1.807, 2.05) is 0 Å². The van der Waals surface area contributed by atoms with Crippen LogP contribution in [0, 0.1) is 11.3 Å². The Morgan fingerprint density at radius 1 is 1.23 bits per heavy atom. The molecule has 2 rings (SSSR count). The number of rotatable bonds is 11. The summed E-state index contributed by atoms with van der Waals surface area (Å²) in [5, 5.41) is 3.13. The lowest BCUT2D eigenvalue weighted by Crippen LogP contribution is -2.63. The first kappa shape index (κ1) is 17.7. The first-order chi connectivity index (χ1) is 10.7. The molecule has 0 atom stereocenters. The smallest absolute Gasteiger partial charge is 0.223 e. The minimum Gasteiger partial charge on any atom is -0.385 e. The van der Waals surface area contributed by atoms with Gasteiger partial charge >= 0.3 is 0 Å². The summed E-state index contributed by atoms with van der Waals surface area (Å²) < 4.78 is 5.04. The third-order valence-corrected chi connectivity index (χ3v) is 5.21. The molecule has 0 radical (unpaired) electrons. The van der Waals surface area contributed by atoms with Crippen LogP contribution >= 0.6 is 0 Å². The van der Waals surface area contributed by atoms with Gasteiger partial charge in [-0.05, 0) is 44.1 Å². The van der Waals surface area contributed by atoms with Crippen LogP contribution in [-0.2, 0) is 9.53 Å². The third kappa shape index (κ3) is 4.95. The summed E-state index contributed by atoms with van der Waals surface area (Å²) in [5.41, 5.74) is 0.512. The van der Waals surface area contributed by atoms with Crippen molar-refractivity contribution in [3.8, 4) is 0 Å². The fourth-order valence-corrected chi connectivity index (χ4v) is 4.06. The molecule has 2 aliphatic rings. The monoisotopic (exact) mass is 312 g/mol. The standard InChI is InChI=1S/C18H34N2O2.H2/c1-3-10-20-14-18(15-20)12-16(13-18)17(21)19-9-7-5-4-6-8-11-22-2;/h16H,3-15H2,1-2H3,(H,19,21);1H. The molecule has 1 aliphatic heterocycles. The predicted octanol–water partition coefficient (Wildman–Crippen LogP) is 3.07. The second-order valence-electron chi connectivity index (χ2n) is 7.37. The molecule has 4 nitrogen and oxygen atoms in total. The molecule has 1 aliphatic carbocycles. The van der Waals surface area contributed by atoms with Gasteiger partial charge in [-0.25, -0.2) is 0 Å². The summed E-state index contributed by atoms with van der Waals surface area (Å²) in [6.45, 7) is 7.64. The molecule has 1 N–H and O–H groups in total. The molecule has 0 bridgehead atoms. The van der Waals surface area contributed by atoms with Gasteiger partial charge in [0.2, 0.25) is 5.91 Å². The van der Waals surface area contributed by atoms with E-state index in [-0.39, 0.29) is 1.43 Å². The fraction of sp³-hybridized carbons (Fsp3) is 0.944. The summed E-state index contributed by atoms with van der Waals surface area (Å²) in [6, 6.07) is 0. The molecule has 0 unspecified atom stereocenters. The van der Waals surface area contributed by atoms with Gasteiger partial charge in [0.25, 0.3) is 0 Å². The highest BCUT2D eigenvalue weighted by molar-refractivity contribution is 5.79. The minimum atomic E-state index is 0. The largest absolute Gasteiger partial charge is 0.385 e.